The molecule has 0 aromatic heterocycles. The van der Waals surface area contributed by atoms with Crippen molar-refractivity contribution in [1.29, 1.82) is 0 Å². The van der Waals surface area contributed by atoms with Crippen molar-refractivity contribution in [3.05, 3.63) is 35.9 Å². The Morgan fingerprint density at radius 2 is 1.91 bits per heavy atom. The average Bonchev–Trinajstić information content (AvgIpc) is 2.47. The highest BCUT2D eigenvalue weighted by Crippen LogP contribution is 2.22. The number of ether oxygens (including phenoxy) is 1. The molecule has 1 aromatic rings. The average molecular weight is 315 g/mol. The van der Waals surface area contributed by atoms with Gasteiger partial charge in [-0.3, -0.25) is 4.90 Å². The van der Waals surface area contributed by atoms with Crippen LogP contribution in [0.5, 0.6) is 0 Å². The van der Waals surface area contributed by atoms with Crippen molar-refractivity contribution in [2.24, 2.45) is 0 Å². The Morgan fingerprint density at radius 3 is 2.64 bits per heavy atom. The van der Waals surface area contributed by atoms with Crippen LogP contribution in [0.2, 0.25) is 0 Å². The standard InChI is InChI=1S/C17H24F3NO/c18-17(19,20)10-5-11-21-12-13-22-16(14-21)9-4-8-15-6-2-1-3-7-15/h1-3,6-7,16H,4-5,8-14H2. The fraction of sp³-hybridized carbons (Fsp3) is 0.647. The van der Waals surface area contributed by atoms with Crippen molar-refractivity contribution >= 4 is 0 Å². The molecule has 1 aliphatic rings. The number of morpholine rings is 1. The number of benzene rings is 1. The second-order valence-electron chi connectivity index (χ2n) is 5.89. The summed E-state index contributed by atoms with van der Waals surface area (Å²) in [5.41, 5.74) is 1.32. The SMILES string of the molecule is FC(F)(F)CCCN1CCOC(CCCc2ccccc2)C1. The lowest BCUT2D eigenvalue weighted by Gasteiger charge is -2.33. The molecule has 1 aromatic carbocycles. The van der Waals surface area contributed by atoms with Crippen LogP contribution in [0.15, 0.2) is 30.3 Å². The van der Waals surface area contributed by atoms with Crippen LogP contribution in [0.1, 0.15) is 31.2 Å². The number of hydrogen-bond acceptors (Lipinski definition) is 2. The smallest absolute Gasteiger partial charge is 0.376 e. The fourth-order valence-electron chi connectivity index (χ4n) is 2.84. The molecule has 0 N–H and O–H groups in total. The lowest BCUT2D eigenvalue weighted by atomic mass is 10.0. The summed E-state index contributed by atoms with van der Waals surface area (Å²) < 4.78 is 42.2. The predicted molar refractivity (Wildman–Crippen MR) is 80.8 cm³/mol. The Balaban J connectivity index is 1.63. The number of aryl methyl sites for hydroxylation is 1. The summed E-state index contributed by atoms with van der Waals surface area (Å²) in [5.74, 6) is 0. The summed E-state index contributed by atoms with van der Waals surface area (Å²) in [4.78, 5) is 2.10. The van der Waals surface area contributed by atoms with Gasteiger partial charge in [0.15, 0.2) is 0 Å². The van der Waals surface area contributed by atoms with Gasteiger partial charge in [-0.15, -0.1) is 0 Å². The summed E-state index contributed by atoms with van der Waals surface area (Å²) in [6.07, 6.45) is -1.36. The summed E-state index contributed by atoms with van der Waals surface area (Å²) in [7, 11) is 0. The van der Waals surface area contributed by atoms with Crippen LogP contribution in [0.3, 0.4) is 0 Å². The molecular formula is C17H24F3NO. The van der Waals surface area contributed by atoms with E-state index in [1.807, 2.05) is 18.2 Å². The van der Waals surface area contributed by atoms with Gasteiger partial charge in [0, 0.05) is 19.5 Å². The van der Waals surface area contributed by atoms with Crippen LogP contribution in [-0.4, -0.2) is 43.4 Å². The van der Waals surface area contributed by atoms with Crippen LogP contribution < -0.4 is 0 Å². The van der Waals surface area contributed by atoms with Gasteiger partial charge in [-0.1, -0.05) is 30.3 Å². The highest BCUT2D eigenvalue weighted by atomic mass is 19.4. The molecular weight excluding hydrogens is 291 g/mol. The fourth-order valence-corrected chi connectivity index (χ4v) is 2.84. The third kappa shape index (κ3) is 6.79. The van der Waals surface area contributed by atoms with Gasteiger partial charge in [0.1, 0.15) is 0 Å². The highest BCUT2D eigenvalue weighted by molar-refractivity contribution is 5.14. The van der Waals surface area contributed by atoms with Crippen molar-refractivity contribution < 1.29 is 17.9 Å². The summed E-state index contributed by atoms with van der Waals surface area (Å²) >= 11 is 0. The maximum Gasteiger partial charge on any atom is 0.389 e. The minimum absolute atomic E-state index is 0.156. The number of nitrogens with zero attached hydrogens (tertiary/aromatic N) is 1. The molecule has 2 rings (SSSR count). The van der Waals surface area contributed by atoms with E-state index in [1.165, 1.54) is 5.56 Å². The Bertz CT molecular complexity index is 422. The Kier molecular flexibility index (Phi) is 6.70. The van der Waals surface area contributed by atoms with Gasteiger partial charge in [0.25, 0.3) is 0 Å². The third-order valence-corrected chi connectivity index (χ3v) is 3.99. The molecule has 2 nitrogen and oxygen atoms in total. The van der Waals surface area contributed by atoms with Crippen LogP contribution in [0.25, 0.3) is 0 Å². The second kappa shape index (κ2) is 8.53. The first-order chi connectivity index (χ1) is 10.5. The van der Waals surface area contributed by atoms with Crippen molar-refractivity contribution in [1.82, 2.24) is 4.90 Å². The van der Waals surface area contributed by atoms with E-state index in [1.54, 1.807) is 0 Å². The number of halogens is 3. The zero-order chi connectivity index (χ0) is 15.8. The Labute approximate surface area is 130 Å². The van der Waals surface area contributed by atoms with E-state index in [-0.39, 0.29) is 12.5 Å². The Hall–Kier alpha value is -1.07. The normalized spacial score (nSPS) is 20.2. The molecule has 0 spiro atoms. The van der Waals surface area contributed by atoms with E-state index in [9.17, 15) is 13.2 Å². The topological polar surface area (TPSA) is 12.5 Å². The summed E-state index contributed by atoms with van der Waals surface area (Å²) in [6, 6.07) is 10.3. The maximum atomic E-state index is 12.2. The third-order valence-electron chi connectivity index (χ3n) is 3.99. The van der Waals surface area contributed by atoms with Crippen molar-refractivity contribution in [3.63, 3.8) is 0 Å². The minimum atomic E-state index is -4.04. The van der Waals surface area contributed by atoms with Gasteiger partial charge in [-0.2, -0.15) is 13.2 Å². The van der Waals surface area contributed by atoms with E-state index in [0.717, 1.165) is 32.4 Å². The largest absolute Gasteiger partial charge is 0.389 e. The first-order valence-corrected chi connectivity index (χ1v) is 7.97. The molecule has 1 atom stereocenters. The number of alkyl halides is 3. The molecule has 1 unspecified atom stereocenters. The molecule has 0 aliphatic carbocycles. The molecule has 22 heavy (non-hydrogen) atoms. The second-order valence-corrected chi connectivity index (χ2v) is 5.89. The predicted octanol–water partition coefficient (Wildman–Crippen LogP) is 4.05. The molecule has 0 bridgehead atoms. The van der Waals surface area contributed by atoms with Crippen molar-refractivity contribution in [2.75, 3.05) is 26.2 Å². The van der Waals surface area contributed by atoms with Crippen molar-refractivity contribution in [3.8, 4) is 0 Å². The van der Waals surface area contributed by atoms with E-state index < -0.39 is 12.6 Å². The van der Waals surface area contributed by atoms with E-state index in [0.29, 0.717) is 13.2 Å². The van der Waals surface area contributed by atoms with Crippen molar-refractivity contribution in [2.45, 2.75) is 44.4 Å². The maximum absolute atomic E-state index is 12.2. The molecule has 0 saturated carbocycles. The molecule has 1 fully saturated rings. The van der Waals surface area contributed by atoms with Crippen LogP contribution in [0, 0.1) is 0 Å². The van der Waals surface area contributed by atoms with E-state index >= 15 is 0 Å². The zero-order valence-corrected chi connectivity index (χ0v) is 12.8. The van der Waals surface area contributed by atoms with Gasteiger partial charge < -0.3 is 4.74 Å². The van der Waals surface area contributed by atoms with Crippen LogP contribution >= 0.6 is 0 Å². The van der Waals surface area contributed by atoms with E-state index in [2.05, 4.69) is 17.0 Å². The highest BCUT2D eigenvalue weighted by Gasteiger charge is 2.27. The first-order valence-electron chi connectivity index (χ1n) is 7.97. The molecule has 5 heteroatoms. The monoisotopic (exact) mass is 315 g/mol. The van der Waals surface area contributed by atoms with Crippen LogP contribution in [-0.2, 0) is 11.2 Å². The molecule has 1 saturated heterocycles. The molecule has 124 valence electrons. The van der Waals surface area contributed by atoms with Gasteiger partial charge in [0.2, 0.25) is 0 Å². The number of rotatable bonds is 7. The van der Waals surface area contributed by atoms with Crippen LogP contribution in [0.4, 0.5) is 13.2 Å². The molecule has 0 radical (unpaired) electrons. The summed E-state index contributed by atoms with van der Waals surface area (Å²) in [6.45, 7) is 2.64. The minimum Gasteiger partial charge on any atom is -0.376 e. The summed E-state index contributed by atoms with van der Waals surface area (Å²) in [5, 5.41) is 0. The van der Waals surface area contributed by atoms with Gasteiger partial charge >= 0.3 is 6.18 Å². The molecule has 0 amide bonds. The zero-order valence-electron chi connectivity index (χ0n) is 12.8. The number of hydrogen-bond donors (Lipinski definition) is 0. The Morgan fingerprint density at radius 1 is 1.14 bits per heavy atom. The van der Waals surface area contributed by atoms with Gasteiger partial charge in [-0.05, 0) is 37.8 Å². The van der Waals surface area contributed by atoms with Gasteiger partial charge in [-0.25, -0.2) is 0 Å². The quantitative estimate of drug-likeness (QED) is 0.752. The lowest BCUT2D eigenvalue weighted by Crippen LogP contribution is -2.43. The lowest BCUT2D eigenvalue weighted by molar-refractivity contribution is -0.137. The molecule has 1 heterocycles. The van der Waals surface area contributed by atoms with E-state index in [4.69, 9.17) is 4.74 Å². The molecule has 1 aliphatic heterocycles. The van der Waals surface area contributed by atoms with Gasteiger partial charge in [0.05, 0.1) is 12.7 Å². The first kappa shape index (κ1) is 17.3.